The summed E-state index contributed by atoms with van der Waals surface area (Å²) in [7, 11) is 2.02. The van der Waals surface area contributed by atoms with Crippen LogP contribution >= 0.6 is 23.5 Å². The van der Waals surface area contributed by atoms with Gasteiger partial charge in [0.05, 0.1) is 12.0 Å². The molecule has 0 N–H and O–H groups in total. The summed E-state index contributed by atoms with van der Waals surface area (Å²) in [6, 6.07) is 8.35. The average molecular weight is 275 g/mol. The molecule has 2 heterocycles. The Kier molecular flexibility index (Phi) is 3.43. The van der Waals surface area contributed by atoms with Crippen LogP contribution in [0.15, 0.2) is 41.8 Å². The zero-order valence-electron chi connectivity index (χ0n) is 10.0. The van der Waals surface area contributed by atoms with Crippen molar-refractivity contribution < 1.29 is 0 Å². The average Bonchev–Trinajstić information content (AvgIpc) is 2.82. The molecule has 3 nitrogen and oxygen atoms in total. The SMILES string of the molecule is Cn1cncc1CSC1=Nc2ccccc2CS1. The second-order valence-corrected chi connectivity index (χ2v) is 6.27. The summed E-state index contributed by atoms with van der Waals surface area (Å²) < 4.78 is 3.20. The zero-order valence-corrected chi connectivity index (χ0v) is 11.7. The molecule has 0 saturated heterocycles. The summed E-state index contributed by atoms with van der Waals surface area (Å²) in [6.07, 6.45) is 3.75. The van der Waals surface area contributed by atoms with Gasteiger partial charge in [-0.05, 0) is 11.6 Å². The van der Waals surface area contributed by atoms with Gasteiger partial charge in [0.25, 0.3) is 0 Å². The second-order valence-electron chi connectivity index (χ2n) is 4.08. The Balaban J connectivity index is 1.72. The van der Waals surface area contributed by atoms with Crippen molar-refractivity contribution in [3.63, 3.8) is 0 Å². The van der Waals surface area contributed by atoms with Crippen LogP contribution in [0.4, 0.5) is 5.69 Å². The van der Waals surface area contributed by atoms with E-state index in [0.717, 1.165) is 21.6 Å². The highest BCUT2D eigenvalue weighted by molar-refractivity contribution is 8.38. The standard InChI is InChI=1S/C13H13N3S2/c1-16-9-14-6-11(16)8-18-13-15-12-5-3-2-4-10(12)7-17-13/h2-6,9H,7-8H2,1H3. The van der Waals surface area contributed by atoms with Gasteiger partial charge in [-0.25, -0.2) is 9.98 Å². The summed E-state index contributed by atoms with van der Waals surface area (Å²) in [4.78, 5) is 8.81. The van der Waals surface area contributed by atoms with E-state index in [-0.39, 0.29) is 0 Å². The van der Waals surface area contributed by atoms with Gasteiger partial charge >= 0.3 is 0 Å². The summed E-state index contributed by atoms with van der Waals surface area (Å²) in [5, 5.41) is 0. The number of aryl methyl sites for hydroxylation is 1. The first-order chi connectivity index (χ1) is 8.83. The van der Waals surface area contributed by atoms with Crippen molar-refractivity contribution in [2.45, 2.75) is 11.5 Å². The smallest absolute Gasteiger partial charge is 0.131 e. The summed E-state index contributed by atoms with van der Waals surface area (Å²) >= 11 is 3.60. The molecule has 0 spiro atoms. The molecule has 0 saturated carbocycles. The number of nitrogens with zero attached hydrogens (tertiary/aromatic N) is 3. The molecular weight excluding hydrogens is 262 g/mol. The highest BCUT2D eigenvalue weighted by Crippen LogP contribution is 2.35. The molecule has 5 heteroatoms. The molecule has 18 heavy (non-hydrogen) atoms. The molecule has 0 unspecified atom stereocenters. The van der Waals surface area contributed by atoms with Crippen LogP contribution in [0, 0.1) is 0 Å². The van der Waals surface area contributed by atoms with Gasteiger partial charge in [-0.3, -0.25) is 0 Å². The normalized spacial score (nSPS) is 14.2. The number of aliphatic imine (C=N–C) groups is 1. The number of fused-ring (bicyclic) bond motifs is 1. The number of para-hydroxylation sites is 1. The molecule has 3 rings (SSSR count). The van der Waals surface area contributed by atoms with Gasteiger partial charge in [0.15, 0.2) is 0 Å². The monoisotopic (exact) mass is 275 g/mol. The quantitative estimate of drug-likeness (QED) is 0.839. The number of hydrogen-bond acceptors (Lipinski definition) is 4. The van der Waals surface area contributed by atoms with E-state index >= 15 is 0 Å². The predicted octanol–water partition coefficient (Wildman–Crippen LogP) is 3.59. The molecule has 0 fully saturated rings. The van der Waals surface area contributed by atoms with Gasteiger partial charge in [0, 0.05) is 30.4 Å². The number of rotatable bonds is 2. The highest BCUT2D eigenvalue weighted by atomic mass is 32.2. The lowest BCUT2D eigenvalue weighted by Gasteiger charge is -2.14. The van der Waals surface area contributed by atoms with Crippen molar-refractivity contribution in [2.24, 2.45) is 12.0 Å². The first kappa shape index (κ1) is 11.9. The van der Waals surface area contributed by atoms with Gasteiger partial charge in [-0.15, -0.1) is 0 Å². The second kappa shape index (κ2) is 5.20. The van der Waals surface area contributed by atoms with Crippen molar-refractivity contribution >= 4 is 33.6 Å². The summed E-state index contributed by atoms with van der Waals surface area (Å²) in [5.41, 5.74) is 3.67. The van der Waals surface area contributed by atoms with Gasteiger partial charge in [-0.1, -0.05) is 41.7 Å². The van der Waals surface area contributed by atoms with Crippen molar-refractivity contribution in [2.75, 3.05) is 0 Å². The van der Waals surface area contributed by atoms with E-state index in [4.69, 9.17) is 0 Å². The minimum absolute atomic E-state index is 0.921. The zero-order chi connectivity index (χ0) is 12.4. The van der Waals surface area contributed by atoms with Crippen LogP contribution in [0.2, 0.25) is 0 Å². The van der Waals surface area contributed by atoms with Crippen LogP contribution in [-0.4, -0.2) is 13.9 Å². The Hall–Kier alpha value is -1.20. The molecule has 1 aliphatic rings. The molecular formula is C13H13N3S2. The van der Waals surface area contributed by atoms with E-state index in [9.17, 15) is 0 Å². The van der Waals surface area contributed by atoms with Crippen LogP contribution in [0.3, 0.4) is 0 Å². The molecule has 0 aliphatic carbocycles. The minimum Gasteiger partial charge on any atom is -0.337 e. The third-order valence-electron chi connectivity index (χ3n) is 2.81. The lowest BCUT2D eigenvalue weighted by molar-refractivity contribution is 0.868. The first-order valence-electron chi connectivity index (χ1n) is 5.70. The Morgan fingerprint density at radius 3 is 3.11 bits per heavy atom. The molecule has 0 amide bonds. The van der Waals surface area contributed by atoms with E-state index in [2.05, 4.69) is 32.7 Å². The van der Waals surface area contributed by atoms with Crippen molar-refractivity contribution in [1.82, 2.24) is 9.55 Å². The predicted molar refractivity (Wildman–Crippen MR) is 79.3 cm³/mol. The molecule has 1 aromatic carbocycles. The molecule has 2 aromatic rings. The number of hydrogen-bond donors (Lipinski definition) is 0. The maximum atomic E-state index is 4.69. The summed E-state index contributed by atoms with van der Waals surface area (Å²) in [5.74, 6) is 1.94. The van der Waals surface area contributed by atoms with E-state index in [1.165, 1.54) is 11.3 Å². The Labute approximate surface area is 115 Å². The minimum atomic E-state index is 0.921. The van der Waals surface area contributed by atoms with Crippen LogP contribution < -0.4 is 0 Å². The Morgan fingerprint density at radius 1 is 1.39 bits per heavy atom. The molecule has 0 atom stereocenters. The van der Waals surface area contributed by atoms with E-state index in [0.29, 0.717) is 0 Å². The van der Waals surface area contributed by atoms with Gasteiger partial charge in [0.1, 0.15) is 4.38 Å². The lowest BCUT2D eigenvalue weighted by atomic mass is 10.2. The van der Waals surface area contributed by atoms with E-state index in [1.807, 2.05) is 37.4 Å². The largest absolute Gasteiger partial charge is 0.337 e. The highest BCUT2D eigenvalue weighted by Gasteiger charge is 2.12. The van der Waals surface area contributed by atoms with Crippen molar-refractivity contribution in [3.8, 4) is 0 Å². The number of benzene rings is 1. The van der Waals surface area contributed by atoms with Crippen LogP contribution in [-0.2, 0) is 18.6 Å². The van der Waals surface area contributed by atoms with E-state index < -0.39 is 0 Å². The van der Waals surface area contributed by atoms with E-state index in [1.54, 1.807) is 11.8 Å². The van der Waals surface area contributed by atoms with Gasteiger partial charge in [0.2, 0.25) is 0 Å². The first-order valence-corrected chi connectivity index (χ1v) is 7.67. The van der Waals surface area contributed by atoms with Crippen LogP contribution in [0.5, 0.6) is 0 Å². The lowest BCUT2D eigenvalue weighted by Crippen LogP contribution is -1.98. The van der Waals surface area contributed by atoms with Crippen LogP contribution in [0.25, 0.3) is 0 Å². The molecule has 1 aromatic heterocycles. The van der Waals surface area contributed by atoms with Gasteiger partial charge < -0.3 is 4.57 Å². The molecule has 1 aliphatic heterocycles. The molecule has 0 bridgehead atoms. The number of aromatic nitrogens is 2. The topological polar surface area (TPSA) is 30.2 Å². The Bertz CT molecular complexity index is 589. The number of thioether (sulfide) groups is 2. The maximum absolute atomic E-state index is 4.69. The van der Waals surface area contributed by atoms with Crippen LogP contribution in [0.1, 0.15) is 11.3 Å². The van der Waals surface area contributed by atoms with Gasteiger partial charge in [-0.2, -0.15) is 0 Å². The summed E-state index contributed by atoms with van der Waals surface area (Å²) in [6.45, 7) is 0. The molecule has 92 valence electrons. The third-order valence-corrected chi connectivity index (χ3v) is 5.09. The fraction of sp³-hybridized carbons (Fsp3) is 0.231. The fourth-order valence-electron chi connectivity index (χ4n) is 1.75. The number of imidazole rings is 1. The molecule has 0 radical (unpaired) electrons. The third kappa shape index (κ3) is 2.47. The van der Waals surface area contributed by atoms with Crippen molar-refractivity contribution in [1.29, 1.82) is 0 Å². The Morgan fingerprint density at radius 2 is 2.28 bits per heavy atom. The maximum Gasteiger partial charge on any atom is 0.131 e. The fourth-order valence-corrected chi connectivity index (χ4v) is 3.83. The van der Waals surface area contributed by atoms with Crippen molar-refractivity contribution in [3.05, 3.63) is 48.0 Å².